The van der Waals surface area contributed by atoms with Gasteiger partial charge in [-0.2, -0.15) is 0 Å². The SMILES string of the molecule is CC1(C)CCC(CS(=O)(=O)c2ccc(-c3ccc(F)cc3F)cc2)CC1. The first-order valence-corrected chi connectivity index (χ1v) is 10.6. The van der Waals surface area contributed by atoms with Crippen molar-refractivity contribution in [2.45, 2.75) is 44.4 Å². The topological polar surface area (TPSA) is 34.1 Å². The summed E-state index contributed by atoms with van der Waals surface area (Å²) in [5, 5.41) is 0. The van der Waals surface area contributed by atoms with Gasteiger partial charge in [-0.05, 0) is 66.8 Å². The van der Waals surface area contributed by atoms with Crippen LogP contribution in [0.2, 0.25) is 0 Å². The lowest BCUT2D eigenvalue weighted by atomic mass is 9.74. The summed E-state index contributed by atoms with van der Waals surface area (Å²) in [7, 11) is -3.37. The van der Waals surface area contributed by atoms with Crippen LogP contribution in [0.15, 0.2) is 47.4 Å². The molecule has 0 spiro atoms. The van der Waals surface area contributed by atoms with Gasteiger partial charge in [-0.1, -0.05) is 26.0 Å². The van der Waals surface area contributed by atoms with Crippen LogP contribution in [0.4, 0.5) is 8.78 Å². The average molecular weight is 378 g/mol. The van der Waals surface area contributed by atoms with Crippen molar-refractivity contribution in [3.8, 4) is 11.1 Å². The quantitative estimate of drug-likeness (QED) is 0.692. The first-order chi connectivity index (χ1) is 12.2. The molecule has 0 heterocycles. The summed E-state index contributed by atoms with van der Waals surface area (Å²) in [5.41, 5.74) is 1.09. The Morgan fingerprint density at radius 2 is 1.62 bits per heavy atom. The highest BCUT2D eigenvalue weighted by atomic mass is 32.2. The van der Waals surface area contributed by atoms with Crippen molar-refractivity contribution in [3.05, 3.63) is 54.1 Å². The first-order valence-electron chi connectivity index (χ1n) is 8.95. The van der Waals surface area contributed by atoms with Crippen molar-refractivity contribution < 1.29 is 17.2 Å². The molecule has 2 aromatic rings. The molecule has 0 aliphatic heterocycles. The van der Waals surface area contributed by atoms with Crippen molar-refractivity contribution in [2.75, 3.05) is 5.75 Å². The maximum atomic E-state index is 13.9. The first kappa shape index (κ1) is 19.0. The molecule has 26 heavy (non-hydrogen) atoms. The number of hydrogen-bond acceptors (Lipinski definition) is 2. The van der Waals surface area contributed by atoms with Crippen LogP contribution in [-0.4, -0.2) is 14.2 Å². The van der Waals surface area contributed by atoms with Crippen molar-refractivity contribution in [3.63, 3.8) is 0 Å². The van der Waals surface area contributed by atoms with Crippen LogP contribution >= 0.6 is 0 Å². The van der Waals surface area contributed by atoms with Crippen LogP contribution in [0.5, 0.6) is 0 Å². The number of sulfone groups is 1. The summed E-state index contributed by atoms with van der Waals surface area (Å²) in [6.45, 7) is 4.45. The molecule has 0 atom stereocenters. The van der Waals surface area contributed by atoms with Crippen molar-refractivity contribution >= 4 is 9.84 Å². The Morgan fingerprint density at radius 1 is 1.00 bits per heavy atom. The zero-order valence-electron chi connectivity index (χ0n) is 15.1. The second kappa shape index (κ2) is 7.10. The molecule has 1 fully saturated rings. The molecule has 0 aromatic heterocycles. The highest BCUT2D eigenvalue weighted by Gasteiger charge is 2.30. The molecule has 2 aromatic carbocycles. The second-order valence-electron chi connectivity index (χ2n) is 8.04. The Labute approximate surface area is 154 Å². The third-order valence-corrected chi connectivity index (χ3v) is 7.27. The van der Waals surface area contributed by atoms with Gasteiger partial charge in [0.15, 0.2) is 9.84 Å². The van der Waals surface area contributed by atoms with Crippen molar-refractivity contribution in [1.82, 2.24) is 0 Å². The van der Waals surface area contributed by atoms with E-state index in [9.17, 15) is 17.2 Å². The normalized spacial score (nSPS) is 18.0. The van der Waals surface area contributed by atoms with Crippen LogP contribution in [0.25, 0.3) is 11.1 Å². The van der Waals surface area contributed by atoms with Gasteiger partial charge < -0.3 is 0 Å². The van der Waals surface area contributed by atoms with Crippen LogP contribution in [0, 0.1) is 23.0 Å². The molecule has 0 saturated heterocycles. The van der Waals surface area contributed by atoms with Gasteiger partial charge in [0.2, 0.25) is 0 Å². The van der Waals surface area contributed by atoms with Gasteiger partial charge in [-0.25, -0.2) is 17.2 Å². The molecule has 2 nitrogen and oxygen atoms in total. The Balaban J connectivity index is 1.75. The molecule has 0 unspecified atom stereocenters. The number of hydrogen-bond donors (Lipinski definition) is 0. The number of benzene rings is 2. The number of rotatable bonds is 4. The Kier molecular flexibility index (Phi) is 5.20. The predicted molar refractivity (Wildman–Crippen MR) is 99.6 cm³/mol. The molecular formula is C21H24F2O2S. The molecule has 1 aliphatic carbocycles. The zero-order chi connectivity index (χ0) is 18.9. The third kappa shape index (κ3) is 4.32. The highest BCUT2D eigenvalue weighted by Crippen LogP contribution is 2.39. The van der Waals surface area contributed by atoms with Gasteiger partial charge in [0.1, 0.15) is 11.6 Å². The van der Waals surface area contributed by atoms with E-state index in [-0.39, 0.29) is 22.1 Å². The minimum atomic E-state index is -3.37. The van der Waals surface area contributed by atoms with Crippen LogP contribution in [0.1, 0.15) is 39.5 Å². The Hall–Kier alpha value is -1.75. The van der Waals surface area contributed by atoms with E-state index >= 15 is 0 Å². The minimum absolute atomic E-state index is 0.160. The van der Waals surface area contributed by atoms with Crippen molar-refractivity contribution in [2.24, 2.45) is 11.3 Å². The lowest BCUT2D eigenvalue weighted by Crippen LogP contribution is -2.26. The molecule has 0 radical (unpaired) electrons. The second-order valence-corrected chi connectivity index (χ2v) is 10.1. The molecule has 0 amide bonds. The van der Waals surface area contributed by atoms with E-state index < -0.39 is 21.5 Å². The lowest BCUT2D eigenvalue weighted by Gasteiger charge is -2.34. The highest BCUT2D eigenvalue weighted by molar-refractivity contribution is 7.91. The smallest absolute Gasteiger partial charge is 0.178 e. The summed E-state index contributed by atoms with van der Waals surface area (Å²) >= 11 is 0. The molecule has 140 valence electrons. The van der Waals surface area contributed by atoms with Crippen molar-refractivity contribution in [1.29, 1.82) is 0 Å². The minimum Gasteiger partial charge on any atom is -0.224 e. The van der Waals surface area contributed by atoms with Gasteiger partial charge in [0, 0.05) is 11.6 Å². The van der Waals surface area contributed by atoms with Crippen LogP contribution in [0.3, 0.4) is 0 Å². The van der Waals surface area contributed by atoms with E-state index in [0.717, 1.165) is 31.7 Å². The summed E-state index contributed by atoms with van der Waals surface area (Å²) in [4.78, 5) is 0.258. The van der Waals surface area contributed by atoms with E-state index in [1.54, 1.807) is 12.1 Å². The third-order valence-electron chi connectivity index (χ3n) is 5.37. The van der Waals surface area contributed by atoms with Gasteiger partial charge in [-0.3, -0.25) is 0 Å². The fourth-order valence-electron chi connectivity index (χ4n) is 3.60. The van der Waals surface area contributed by atoms with Gasteiger partial charge >= 0.3 is 0 Å². The fraction of sp³-hybridized carbons (Fsp3) is 0.429. The van der Waals surface area contributed by atoms with Gasteiger partial charge in [0.25, 0.3) is 0 Å². The molecule has 1 aliphatic rings. The monoisotopic (exact) mass is 378 g/mol. The summed E-state index contributed by atoms with van der Waals surface area (Å²) in [5.74, 6) is -0.943. The van der Waals surface area contributed by atoms with Gasteiger partial charge in [-0.15, -0.1) is 0 Å². The molecular weight excluding hydrogens is 354 g/mol. The van der Waals surface area contributed by atoms with Crippen LogP contribution < -0.4 is 0 Å². The average Bonchev–Trinajstić information content (AvgIpc) is 2.57. The Bertz CT molecular complexity index is 877. The summed E-state index contributed by atoms with van der Waals surface area (Å²) < 4.78 is 52.3. The lowest BCUT2D eigenvalue weighted by molar-refractivity contribution is 0.202. The Morgan fingerprint density at radius 3 is 2.19 bits per heavy atom. The number of halogens is 2. The van der Waals surface area contributed by atoms with Gasteiger partial charge in [0.05, 0.1) is 10.6 Å². The van der Waals surface area contributed by atoms with E-state index in [0.29, 0.717) is 11.0 Å². The summed E-state index contributed by atoms with van der Waals surface area (Å²) in [6, 6.07) is 9.55. The van der Waals surface area contributed by atoms with E-state index in [1.807, 2.05) is 0 Å². The standard InChI is InChI=1S/C21H24F2O2S/c1-21(2)11-9-15(10-12-21)14-26(24,25)18-6-3-16(4-7-18)19-8-5-17(22)13-20(19)23/h3-8,13,15H,9-12,14H2,1-2H3. The molecule has 5 heteroatoms. The fourth-order valence-corrected chi connectivity index (χ4v) is 5.29. The zero-order valence-corrected chi connectivity index (χ0v) is 16.0. The maximum absolute atomic E-state index is 13.9. The molecule has 3 rings (SSSR count). The molecule has 0 bridgehead atoms. The molecule has 1 saturated carbocycles. The maximum Gasteiger partial charge on any atom is 0.178 e. The van der Waals surface area contributed by atoms with E-state index in [2.05, 4.69) is 13.8 Å². The van der Waals surface area contributed by atoms with Crippen LogP contribution in [-0.2, 0) is 9.84 Å². The summed E-state index contributed by atoms with van der Waals surface area (Å²) in [6.07, 6.45) is 3.97. The molecule has 0 N–H and O–H groups in total. The van der Waals surface area contributed by atoms with E-state index in [4.69, 9.17) is 0 Å². The largest absolute Gasteiger partial charge is 0.224 e. The van der Waals surface area contributed by atoms with E-state index in [1.165, 1.54) is 24.3 Å². The predicted octanol–water partition coefficient (Wildman–Crippen LogP) is 5.62.